The minimum atomic E-state index is -3.50. The Morgan fingerprint density at radius 1 is 1.39 bits per heavy atom. The maximum Gasteiger partial charge on any atom is 0.262 e. The van der Waals surface area contributed by atoms with Crippen molar-refractivity contribution in [2.75, 3.05) is 19.6 Å². The van der Waals surface area contributed by atoms with Crippen LogP contribution in [-0.2, 0) is 16.6 Å². The van der Waals surface area contributed by atoms with E-state index in [2.05, 4.69) is 24.1 Å². The molecule has 1 aliphatic rings. The molecule has 2 heterocycles. The second-order valence-corrected chi connectivity index (χ2v) is 8.24. The van der Waals surface area contributed by atoms with Crippen LogP contribution in [-0.4, -0.2) is 48.0 Å². The fourth-order valence-electron chi connectivity index (χ4n) is 2.93. The van der Waals surface area contributed by atoms with Crippen LogP contribution in [0, 0.1) is 5.92 Å². The number of imidazole rings is 1. The maximum atomic E-state index is 13.0. The van der Waals surface area contributed by atoms with Gasteiger partial charge in [0.05, 0.1) is 6.33 Å². The standard InChI is InChI=1S/C15H28N4O2S.ClH/c1-4-9-19(14-5-7-16-8-6-14)22(20,21)15-11-18(12-17-15)10-13(2)3;/h11-14,16H,4-10H2,1-3H3;1H. The van der Waals surface area contributed by atoms with Crippen LogP contribution in [0.2, 0.25) is 0 Å². The van der Waals surface area contributed by atoms with Crippen LogP contribution in [0.4, 0.5) is 0 Å². The Morgan fingerprint density at radius 3 is 2.61 bits per heavy atom. The summed E-state index contributed by atoms with van der Waals surface area (Å²) in [5.74, 6) is 0.459. The Bertz CT molecular complexity index is 568. The lowest BCUT2D eigenvalue weighted by Gasteiger charge is -2.32. The van der Waals surface area contributed by atoms with E-state index in [4.69, 9.17) is 0 Å². The average Bonchev–Trinajstić information content (AvgIpc) is 2.94. The Morgan fingerprint density at radius 2 is 2.04 bits per heavy atom. The maximum absolute atomic E-state index is 13.0. The summed E-state index contributed by atoms with van der Waals surface area (Å²) in [6, 6.07) is 0.0847. The number of hydrogen-bond donors (Lipinski definition) is 1. The van der Waals surface area contributed by atoms with Crippen molar-refractivity contribution in [2.45, 2.75) is 57.6 Å². The van der Waals surface area contributed by atoms with Crippen molar-refractivity contribution in [1.29, 1.82) is 0 Å². The highest BCUT2D eigenvalue weighted by atomic mass is 35.5. The van der Waals surface area contributed by atoms with Gasteiger partial charge >= 0.3 is 0 Å². The molecular weight excluding hydrogens is 336 g/mol. The number of piperidine rings is 1. The van der Waals surface area contributed by atoms with Crippen LogP contribution in [0.1, 0.15) is 40.0 Å². The minimum Gasteiger partial charge on any atom is -0.336 e. The lowest BCUT2D eigenvalue weighted by Crippen LogP contribution is -2.46. The van der Waals surface area contributed by atoms with Gasteiger partial charge in [0.15, 0.2) is 5.03 Å². The van der Waals surface area contributed by atoms with Crippen molar-refractivity contribution in [3.63, 3.8) is 0 Å². The van der Waals surface area contributed by atoms with Crippen LogP contribution < -0.4 is 5.32 Å². The van der Waals surface area contributed by atoms with Crippen molar-refractivity contribution in [2.24, 2.45) is 5.92 Å². The fourth-order valence-corrected chi connectivity index (χ4v) is 4.64. The Balaban J connectivity index is 0.00000264. The van der Waals surface area contributed by atoms with Gasteiger partial charge in [-0.2, -0.15) is 4.31 Å². The molecule has 8 heteroatoms. The van der Waals surface area contributed by atoms with E-state index in [1.165, 1.54) is 0 Å². The summed E-state index contributed by atoms with van der Waals surface area (Å²) in [5, 5.41) is 3.47. The Labute approximate surface area is 146 Å². The molecule has 0 bridgehead atoms. The van der Waals surface area contributed by atoms with Gasteiger partial charge in [0.1, 0.15) is 0 Å². The van der Waals surface area contributed by atoms with E-state index in [-0.39, 0.29) is 23.5 Å². The quantitative estimate of drug-likeness (QED) is 0.804. The molecule has 1 N–H and O–H groups in total. The van der Waals surface area contributed by atoms with Crippen LogP contribution in [0.3, 0.4) is 0 Å². The van der Waals surface area contributed by atoms with Crippen LogP contribution in [0.15, 0.2) is 17.6 Å². The first-order chi connectivity index (χ1) is 10.4. The fraction of sp³-hybridized carbons (Fsp3) is 0.800. The van der Waals surface area contributed by atoms with Crippen LogP contribution >= 0.6 is 12.4 Å². The summed E-state index contributed by atoms with van der Waals surface area (Å²) >= 11 is 0. The van der Waals surface area contributed by atoms with E-state index < -0.39 is 10.0 Å². The highest BCUT2D eigenvalue weighted by Crippen LogP contribution is 2.22. The van der Waals surface area contributed by atoms with Gasteiger partial charge in [-0.15, -0.1) is 12.4 Å². The zero-order valence-corrected chi connectivity index (χ0v) is 15.9. The molecule has 0 unspecified atom stereocenters. The summed E-state index contributed by atoms with van der Waals surface area (Å²) in [4.78, 5) is 4.16. The third-order valence-corrected chi connectivity index (χ3v) is 5.76. The van der Waals surface area contributed by atoms with Gasteiger partial charge in [-0.1, -0.05) is 20.8 Å². The smallest absolute Gasteiger partial charge is 0.262 e. The third kappa shape index (κ3) is 5.17. The molecule has 1 aliphatic heterocycles. The molecule has 0 atom stereocenters. The molecule has 6 nitrogen and oxygen atoms in total. The molecule has 0 aromatic carbocycles. The first-order valence-corrected chi connectivity index (χ1v) is 9.63. The molecule has 2 rings (SSSR count). The van der Waals surface area contributed by atoms with E-state index >= 15 is 0 Å². The third-order valence-electron chi connectivity index (χ3n) is 3.92. The first kappa shape index (κ1) is 20.4. The predicted molar refractivity (Wildman–Crippen MR) is 94.4 cm³/mol. The molecule has 1 saturated heterocycles. The van der Waals surface area contributed by atoms with Crippen LogP contribution in [0.5, 0.6) is 0 Å². The molecule has 134 valence electrons. The number of sulfonamides is 1. The van der Waals surface area contributed by atoms with Gasteiger partial charge in [0, 0.05) is 25.3 Å². The number of nitrogens with zero attached hydrogens (tertiary/aromatic N) is 3. The molecule has 0 aliphatic carbocycles. The molecule has 23 heavy (non-hydrogen) atoms. The number of aromatic nitrogens is 2. The summed E-state index contributed by atoms with van der Waals surface area (Å²) in [7, 11) is -3.50. The molecule has 0 spiro atoms. The van der Waals surface area contributed by atoms with E-state index in [0.29, 0.717) is 12.5 Å². The summed E-state index contributed by atoms with van der Waals surface area (Å²) in [5.41, 5.74) is 0. The molecule has 0 saturated carbocycles. The van der Waals surface area contributed by atoms with Crippen LogP contribution in [0.25, 0.3) is 0 Å². The zero-order valence-electron chi connectivity index (χ0n) is 14.2. The topological polar surface area (TPSA) is 67.2 Å². The van der Waals surface area contributed by atoms with Gasteiger partial charge in [0.25, 0.3) is 10.0 Å². The Hall–Kier alpha value is -0.630. The molecule has 0 amide bonds. The zero-order chi connectivity index (χ0) is 16.2. The summed E-state index contributed by atoms with van der Waals surface area (Å²) in [6.07, 6.45) is 5.84. The number of nitrogens with one attached hydrogen (secondary N) is 1. The Kier molecular flexibility index (Phi) is 8.00. The van der Waals surface area contributed by atoms with Crippen molar-refractivity contribution in [3.05, 3.63) is 12.5 Å². The molecule has 1 aromatic heterocycles. The predicted octanol–water partition coefficient (Wildman–Crippen LogP) is 2.11. The summed E-state index contributed by atoms with van der Waals surface area (Å²) < 4.78 is 29.4. The van der Waals surface area contributed by atoms with Crippen molar-refractivity contribution in [1.82, 2.24) is 19.2 Å². The monoisotopic (exact) mass is 364 g/mol. The number of rotatable bonds is 7. The van der Waals surface area contributed by atoms with E-state index in [1.807, 2.05) is 11.5 Å². The van der Waals surface area contributed by atoms with Gasteiger partial charge in [-0.3, -0.25) is 0 Å². The van der Waals surface area contributed by atoms with Crippen molar-refractivity contribution < 1.29 is 8.42 Å². The summed E-state index contributed by atoms with van der Waals surface area (Å²) in [6.45, 7) is 9.32. The van der Waals surface area contributed by atoms with E-state index in [1.54, 1.807) is 16.8 Å². The van der Waals surface area contributed by atoms with Gasteiger partial charge < -0.3 is 9.88 Å². The largest absolute Gasteiger partial charge is 0.336 e. The van der Waals surface area contributed by atoms with Crippen molar-refractivity contribution >= 4 is 22.4 Å². The van der Waals surface area contributed by atoms with Gasteiger partial charge in [0.2, 0.25) is 0 Å². The average molecular weight is 365 g/mol. The van der Waals surface area contributed by atoms with Crippen molar-refractivity contribution in [3.8, 4) is 0 Å². The molecule has 1 fully saturated rings. The van der Waals surface area contributed by atoms with Gasteiger partial charge in [-0.05, 0) is 38.3 Å². The van der Waals surface area contributed by atoms with E-state index in [0.717, 1.165) is 38.9 Å². The normalized spacial score (nSPS) is 16.7. The highest BCUT2D eigenvalue weighted by Gasteiger charge is 2.33. The molecule has 1 aromatic rings. The number of halogens is 1. The van der Waals surface area contributed by atoms with E-state index in [9.17, 15) is 8.42 Å². The first-order valence-electron chi connectivity index (χ1n) is 8.19. The molecule has 0 radical (unpaired) electrons. The highest BCUT2D eigenvalue weighted by molar-refractivity contribution is 7.89. The second-order valence-electron chi connectivity index (χ2n) is 6.40. The lowest BCUT2D eigenvalue weighted by atomic mass is 10.1. The SMILES string of the molecule is CCCN(C1CCNCC1)S(=O)(=O)c1cn(CC(C)C)cn1.Cl. The second kappa shape index (κ2) is 9.01. The number of hydrogen-bond acceptors (Lipinski definition) is 4. The lowest BCUT2D eigenvalue weighted by molar-refractivity contribution is 0.261. The minimum absolute atomic E-state index is 0. The molecular formula is C15H29ClN4O2S. The van der Waals surface area contributed by atoms with Gasteiger partial charge in [-0.25, -0.2) is 13.4 Å².